The van der Waals surface area contributed by atoms with Crippen LogP contribution in [0.25, 0.3) is 0 Å². The number of benzene rings is 1. The molecule has 2 N–H and O–H groups in total. The monoisotopic (exact) mass is 309 g/mol. The number of rotatable bonds is 4. The van der Waals surface area contributed by atoms with E-state index >= 15 is 0 Å². The van der Waals surface area contributed by atoms with Crippen LogP contribution in [0, 0.1) is 5.92 Å². The lowest BCUT2D eigenvalue weighted by atomic mass is 9.90. The maximum Gasteiger partial charge on any atom is 0.221 e. The van der Waals surface area contributed by atoms with E-state index in [2.05, 4.69) is 29.5 Å². The van der Waals surface area contributed by atoms with Gasteiger partial charge in [-0.2, -0.15) is 0 Å². The lowest BCUT2D eigenvalue weighted by molar-refractivity contribution is -0.114. The molecule has 2 rings (SSSR count). The molecule has 1 atom stereocenters. The molecular weight excluding hydrogens is 286 g/mol. The molecule has 0 radical (unpaired) electrons. The number of anilines is 2. The van der Waals surface area contributed by atoms with Gasteiger partial charge in [-0.05, 0) is 64.0 Å². The second-order valence-electron chi connectivity index (χ2n) is 5.95. The molecule has 1 amide bonds. The first kappa shape index (κ1) is 16.1. The van der Waals surface area contributed by atoms with Crippen LogP contribution in [0.15, 0.2) is 18.2 Å². The normalized spacial score (nSPS) is 18.3. The summed E-state index contributed by atoms with van der Waals surface area (Å²) in [6.07, 6.45) is 2.43. The highest BCUT2D eigenvalue weighted by atomic mass is 35.5. The van der Waals surface area contributed by atoms with Gasteiger partial charge in [0.2, 0.25) is 5.91 Å². The molecule has 1 saturated heterocycles. The second-order valence-corrected chi connectivity index (χ2v) is 6.36. The zero-order valence-electron chi connectivity index (χ0n) is 12.9. The van der Waals surface area contributed by atoms with Crippen molar-refractivity contribution in [2.24, 2.45) is 5.92 Å². The molecule has 21 heavy (non-hydrogen) atoms. The van der Waals surface area contributed by atoms with Crippen molar-refractivity contribution in [1.29, 1.82) is 0 Å². The molecule has 1 aromatic rings. The van der Waals surface area contributed by atoms with E-state index in [1.165, 1.54) is 19.8 Å². The van der Waals surface area contributed by atoms with Gasteiger partial charge >= 0.3 is 0 Å². The van der Waals surface area contributed by atoms with Gasteiger partial charge in [-0.3, -0.25) is 4.79 Å². The van der Waals surface area contributed by atoms with Crippen molar-refractivity contribution in [3.63, 3.8) is 0 Å². The Morgan fingerprint density at radius 3 is 2.62 bits per heavy atom. The molecule has 1 aromatic carbocycles. The molecular formula is C16H24ClN3O. The summed E-state index contributed by atoms with van der Waals surface area (Å²) in [5.41, 5.74) is 1.65. The first-order chi connectivity index (χ1) is 9.95. The number of amides is 1. The minimum atomic E-state index is -0.0912. The van der Waals surface area contributed by atoms with Gasteiger partial charge in [0, 0.05) is 18.7 Å². The van der Waals surface area contributed by atoms with Crippen LogP contribution in [-0.2, 0) is 4.79 Å². The number of carbonyl (C=O) groups is 1. The predicted octanol–water partition coefficient (Wildman–Crippen LogP) is 3.44. The van der Waals surface area contributed by atoms with Crippen LogP contribution >= 0.6 is 11.6 Å². The highest BCUT2D eigenvalue weighted by Gasteiger charge is 2.22. The van der Waals surface area contributed by atoms with Crippen molar-refractivity contribution in [3.05, 3.63) is 23.2 Å². The molecule has 0 spiro atoms. The standard InChI is InChI=1S/C16H24ClN3O/c1-11(13-6-8-20(3)9-7-13)18-16-5-4-14(10-15(16)17)19-12(2)21/h4-5,10-11,13,18H,6-9H2,1-3H3,(H,19,21). The molecule has 1 heterocycles. The van der Waals surface area contributed by atoms with Crippen LogP contribution in [0.3, 0.4) is 0 Å². The van der Waals surface area contributed by atoms with Crippen molar-refractivity contribution >= 4 is 28.9 Å². The van der Waals surface area contributed by atoms with Crippen LogP contribution in [0.5, 0.6) is 0 Å². The maximum absolute atomic E-state index is 11.0. The number of piperidine rings is 1. The summed E-state index contributed by atoms with van der Waals surface area (Å²) in [5, 5.41) is 6.89. The minimum absolute atomic E-state index is 0.0912. The Labute approximate surface area is 131 Å². The maximum atomic E-state index is 11.0. The largest absolute Gasteiger partial charge is 0.381 e. The van der Waals surface area contributed by atoms with Gasteiger partial charge in [-0.15, -0.1) is 0 Å². The quantitative estimate of drug-likeness (QED) is 0.895. The Morgan fingerprint density at radius 1 is 1.38 bits per heavy atom. The SMILES string of the molecule is CC(=O)Nc1ccc(NC(C)C2CCN(C)CC2)c(Cl)c1. The molecule has 0 aromatic heterocycles. The van der Waals surface area contributed by atoms with E-state index < -0.39 is 0 Å². The van der Waals surface area contributed by atoms with Crippen LogP contribution in [-0.4, -0.2) is 37.0 Å². The second kappa shape index (κ2) is 7.14. The Morgan fingerprint density at radius 2 is 2.05 bits per heavy atom. The van der Waals surface area contributed by atoms with Gasteiger partial charge in [0.25, 0.3) is 0 Å². The van der Waals surface area contributed by atoms with E-state index in [9.17, 15) is 4.79 Å². The summed E-state index contributed by atoms with van der Waals surface area (Å²) in [4.78, 5) is 13.4. The third-order valence-electron chi connectivity index (χ3n) is 4.14. The van der Waals surface area contributed by atoms with E-state index in [4.69, 9.17) is 11.6 Å². The lowest BCUT2D eigenvalue weighted by Gasteiger charge is -2.33. The first-order valence-corrected chi connectivity index (χ1v) is 7.85. The average molecular weight is 310 g/mol. The Kier molecular flexibility index (Phi) is 5.48. The van der Waals surface area contributed by atoms with Gasteiger partial charge < -0.3 is 15.5 Å². The lowest BCUT2D eigenvalue weighted by Crippen LogP contribution is -2.37. The average Bonchev–Trinajstić information content (AvgIpc) is 2.42. The fourth-order valence-corrected chi connectivity index (χ4v) is 3.04. The van der Waals surface area contributed by atoms with E-state index in [0.29, 0.717) is 17.0 Å². The molecule has 5 heteroatoms. The first-order valence-electron chi connectivity index (χ1n) is 7.48. The zero-order chi connectivity index (χ0) is 15.4. The van der Waals surface area contributed by atoms with E-state index in [0.717, 1.165) is 24.5 Å². The number of nitrogens with one attached hydrogen (secondary N) is 2. The van der Waals surface area contributed by atoms with Crippen LogP contribution < -0.4 is 10.6 Å². The van der Waals surface area contributed by atoms with Crippen molar-refractivity contribution < 1.29 is 4.79 Å². The third kappa shape index (κ3) is 4.61. The summed E-state index contributed by atoms with van der Waals surface area (Å²) in [5.74, 6) is 0.582. The molecule has 1 aliphatic heterocycles. The van der Waals surface area contributed by atoms with Crippen LogP contribution in [0.1, 0.15) is 26.7 Å². The number of hydrogen-bond acceptors (Lipinski definition) is 3. The topological polar surface area (TPSA) is 44.4 Å². The minimum Gasteiger partial charge on any atom is -0.381 e. The summed E-state index contributed by atoms with van der Waals surface area (Å²) in [6, 6.07) is 5.98. The van der Waals surface area contributed by atoms with Gasteiger partial charge in [0.1, 0.15) is 0 Å². The van der Waals surface area contributed by atoms with Crippen molar-refractivity contribution in [3.8, 4) is 0 Å². The molecule has 4 nitrogen and oxygen atoms in total. The highest BCUT2D eigenvalue weighted by Crippen LogP contribution is 2.29. The van der Waals surface area contributed by atoms with Gasteiger partial charge in [-0.25, -0.2) is 0 Å². The predicted molar refractivity (Wildman–Crippen MR) is 89.1 cm³/mol. The smallest absolute Gasteiger partial charge is 0.221 e. The Balaban J connectivity index is 1.97. The summed E-state index contributed by atoms with van der Waals surface area (Å²) in [6.45, 7) is 6.02. The number of likely N-dealkylation sites (tertiary alicyclic amines) is 1. The fraction of sp³-hybridized carbons (Fsp3) is 0.562. The summed E-state index contributed by atoms with van der Waals surface area (Å²) >= 11 is 6.30. The fourth-order valence-electron chi connectivity index (χ4n) is 2.80. The molecule has 1 fully saturated rings. The molecule has 1 aliphatic rings. The summed E-state index contributed by atoms with van der Waals surface area (Å²) in [7, 11) is 2.17. The van der Waals surface area contributed by atoms with Crippen molar-refractivity contribution in [2.45, 2.75) is 32.7 Å². The third-order valence-corrected chi connectivity index (χ3v) is 4.46. The molecule has 0 bridgehead atoms. The van der Waals surface area contributed by atoms with E-state index in [1.807, 2.05) is 12.1 Å². The number of hydrogen-bond donors (Lipinski definition) is 2. The van der Waals surface area contributed by atoms with Crippen molar-refractivity contribution in [2.75, 3.05) is 30.8 Å². The van der Waals surface area contributed by atoms with E-state index in [1.54, 1.807) is 6.07 Å². The Bertz CT molecular complexity index is 498. The van der Waals surface area contributed by atoms with Gasteiger partial charge in [-0.1, -0.05) is 11.6 Å². The Hall–Kier alpha value is -1.26. The number of nitrogens with zero attached hydrogens (tertiary/aromatic N) is 1. The van der Waals surface area contributed by atoms with Crippen LogP contribution in [0.2, 0.25) is 5.02 Å². The highest BCUT2D eigenvalue weighted by molar-refractivity contribution is 6.33. The molecule has 1 unspecified atom stereocenters. The number of carbonyl (C=O) groups excluding carboxylic acids is 1. The van der Waals surface area contributed by atoms with Crippen LogP contribution in [0.4, 0.5) is 11.4 Å². The molecule has 0 saturated carbocycles. The zero-order valence-corrected chi connectivity index (χ0v) is 13.7. The van der Waals surface area contributed by atoms with E-state index in [-0.39, 0.29) is 5.91 Å². The summed E-state index contributed by atoms with van der Waals surface area (Å²) < 4.78 is 0. The molecule has 0 aliphatic carbocycles. The number of halogens is 1. The molecule has 116 valence electrons. The van der Waals surface area contributed by atoms with Gasteiger partial charge in [0.15, 0.2) is 0 Å². The van der Waals surface area contributed by atoms with Crippen molar-refractivity contribution in [1.82, 2.24) is 4.90 Å². The van der Waals surface area contributed by atoms with Gasteiger partial charge in [0.05, 0.1) is 10.7 Å².